The van der Waals surface area contributed by atoms with Crippen LogP contribution in [0.15, 0.2) is 18.2 Å². The van der Waals surface area contributed by atoms with E-state index in [4.69, 9.17) is 5.11 Å². The molecule has 120 valence electrons. The van der Waals surface area contributed by atoms with E-state index >= 15 is 0 Å². The molecule has 1 saturated carbocycles. The van der Waals surface area contributed by atoms with E-state index in [1.54, 1.807) is 0 Å². The number of carbonyl (C=O) groups excluding carboxylic acids is 1. The Hall–Kier alpha value is -1.75. The highest BCUT2D eigenvalue weighted by Gasteiger charge is 2.22. The quantitative estimate of drug-likeness (QED) is 0.803. The number of hydrogen-bond acceptors (Lipinski definition) is 3. The molecular weight excluding hydrogens is 278 g/mol. The average molecular weight is 303 g/mol. The first-order valence-electron chi connectivity index (χ1n) is 8.18. The second-order valence-corrected chi connectivity index (χ2v) is 6.51. The maximum Gasteiger partial charge on any atom is 0.319 e. The number of fused-ring (bicyclic) bond motifs is 1. The molecular formula is C17H25N3O2. The zero-order valence-electron chi connectivity index (χ0n) is 13.1. The number of carbonyl (C=O) groups is 1. The van der Waals surface area contributed by atoms with Crippen molar-refractivity contribution in [1.82, 2.24) is 5.32 Å². The van der Waals surface area contributed by atoms with E-state index in [1.807, 2.05) is 12.1 Å². The summed E-state index contributed by atoms with van der Waals surface area (Å²) in [6, 6.07) is 6.21. The molecule has 5 nitrogen and oxygen atoms in total. The van der Waals surface area contributed by atoms with Gasteiger partial charge in [0.05, 0.1) is 0 Å². The molecule has 0 atom stereocenters. The van der Waals surface area contributed by atoms with Crippen LogP contribution in [0.4, 0.5) is 16.2 Å². The van der Waals surface area contributed by atoms with Gasteiger partial charge in [0, 0.05) is 37.6 Å². The molecule has 0 spiro atoms. The van der Waals surface area contributed by atoms with E-state index < -0.39 is 0 Å². The fraction of sp³-hybridized carbons (Fsp3) is 0.588. The molecule has 1 aromatic rings. The maximum atomic E-state index is 12.1. The van der Waals surface area contributed by atoms with Crippen molar-refractivity contribution in [3.05, 3.63) is 23.8 Å². The van der Waals surface area contributed by atoms with Crippen molar-refractivity contribution in [2.45, 2.75) is 38.1 Å². The lowest BCUT2D eigenvalue weighted by atomic mass is 9.87. The first-order chi connectivity index (χ1) is 10.7. The summed E-state index contributed by atoms with van der Waals surface area (Å²) in [6.07, 6.45) is 4.96. The molecule has 1 fully saturated rings. The number of rotatable bonds is 3. The smallest absolute Gasteiger partial charge is 0.319 e. The Bertz CT molecular complexity index is 539. The van der Waals surface area contributed by atoms with Gasteiger partial charge in [0.2, 0.25) is 0 Å². The van der Waals surface area contributed by atoms with Crippen LogP contribution >= 0.6 is 0 Å². The third-order valence-corrected chi connectivity index (χ3v) is 4.91. The lowest BCUT2D eigenvalue weighted by Gasteiger charge is -2.28. The SMILES string of the molecule is CN1CCc2ccc(NC(=O)NC3CCC(CO)CC3)cc21. The highest BCUT2D eigenvalue weighted by atomic mass is 16.3. The van der Waals surface area contributed by atoms with Gasteiger partial charge in [-0.3, -0.25) is 0 Å². The number of nitrogens with one attached hydrogen (secondary N) is 2. The molecule has 1 aromatic carbocycles. The topological polar surface area (TPSA) is 64.6 Å². The minimum Gasteiger partial charge on any atom is -0.396 e. The molecule has 1 aliphatic carbocycles. The maximum absolute atomic E-state index is 12.1. The predicted molar refractivity (Wildman–Crippen MR) is 88.4 cm³/mol. The fourth-order valence-electron chi connectivity index (χ4n) is 3.46. The van der Waals surface area contributed by atoms with Crippen LogP contribution in [0.1, 0.15) is 31.2 Å². The van der Waals surface area contributed by atoms with Gasteiger partial charge >= 0.3 is 6.03 Å². The Morgan fingerprint density at radius 2 is 2.09 bits per heavy atom. The summed E-state index contributed by atoms with van der Waals surface area (Å²) in [5.74, 6) is 0.411. The van der Waals surface area contributed by atoms with Crippen molar-refractivity contribution in [1.29, 1.82) is 0 Å². The van der Waals surface area contributed by atoms with E-state index in [9.17, 15) is 4.79 Å². The molecule has 0 unspecified atom stereocenters. The number of hydrogen-bond donors (Lipinski definition) is 3. The van der Waals surface area contributed by atoms with Crippen LogP contribution in [-0.2, 0) is 6.42 Å². The van der Waals surface area contributed by atoms with E-state index in [0.29, 0.717) is 5.92 Å². The summed E-state index contributed by atoms with van der Waals surface area (Å²) < 4.78 is 0. The van der Waals surface area contributed by atoms with E-state index in [0.717, 1.165) is 44.3 Å². The van der Waals surface area contributed by atoms with Gasteiger partial charge in [-0.1, -0.05) is 6.07 Å². The molecule has 1 heterocycles. The lowest BCUT2D eigenvalue weighted by Crippen LogP contribution is -2.40. The Labute approximate surface area is 131 Å². The number of nitrogens with zero attached hydrogens (tertiary/aromatic N) is 1. The van der Waals surface area contributed by atoms with Gasteiger partial charge in [0.1, 0.15) is 0 Å². The second-order valence-electron chi connectivity index (χ2n) is 6.51. The molecule has 0 radical (unpaired) electrons. The van der Waals surface area contributed by atoms with Crippen molar-refractivity contribution in [2.75, 3.05) is 30.4 Å². The molecule has 2 aliphatic rings. The van der Waals surface area contributed by atoms with Crippen molar-refractivity contribution in [3.63, 3.8) is 0 Å². The number of aliphatic hydroxyl groups is 1. The van der Waals surface area contributed by atoms with Crippen LogP contribution in [0.2, 0.25) is 0 Å². The second kappa shape index (κ2) is 6.57. The lowest BCUT2D eigenvalue weighted by molar-refractivity contribution is 0.176. The molecule has 0 saturated heterocycles. The van der Waals surface area contributed by atoms with Gasteiger partial charge in [0.25, 0.3) is 0 Å². The highest BCUT2D eigenvalue weighted by Crippen LogP contribution is 2.29. The van der Waals surface area contributed by atoms with Gasteiger partial charge in [0.15, 0.2) is 0 Å². The van der Waals surface area contributed by atoms with Crippen LogP contribution in [0.25, 0.3) is 0 Å². The van der Waals surface area contributed by atoms with Crippen molar-refractivity contribution in [2.24, 2.45) is 5.92 Å². The minimum absolute atomic E-state index is 0.131. The molecule has 2 amide bonds. The third-order valence-electron chi connectivity index (χ3n) is 4.91. The number of aliphatic hydroxyl groups excluding tert-OH is 1. The first kappa shape index (κ1) is 15.2. The third kappa shape index (κ3) is 3.35. The van der Waals surface area contributed by atoms with Gasteiger partial charge in [-0.25, -0.2) is 4.79 Å². The summed E-state index contributed by atoms with van der Waals surface area (Å²) in [6.45, 7) is 1.31. The zero-order valence-corrected chi connectivity index (χ0v) is 13.1. The Morgan fingerprint density at radius 3 is 2.82 bits per heavy atom. The Kier molecular flexibility index (Phi) is 4.52. The molecule has 3 N–H and O–H groups in total. The van der Waals surface area contributed by atoms with E-state index in [-0.39, 0.29) is 18.7 Å². The minimum atomic E-state index is -0.131. The molecule has 1 aliphatic heterocycles. The van der Waals surface area contributed by atoms with Crippen molar-refractivity contribution in [3.8, 4) is 0 Å². The van der Waals surface area contributed by atoms with Gasteiger partial charge in [-0.2, -0.15) is 0 Å². The van der Waals surface area contributed by atoms with Crippen LogP contribution in [-0.4, -0.2) is 37.4 Å². The molecule has 0 aromatic heterocycles. The molecule has 22 heavy (non-hydrogen) atoms. The molecule has 5 heteroatoms. The van der Waals surface area contributed by atoms with Gasteiger partial charge in [-0.05, 0) is 55.7 Å². The number of anilines is 2. The summed E-state index contributed by atoms with van der Waals surface area (Å²) in [4.78, 5) is 14.3. The van der Waals surface area contributed by atoms with Crippen molar-refractivity contribution < 1.29 is 9.90 Å². The normalized spacial score (nSPS) is 24.0. The summed E-state index contributed by atoms with van der Waals surface area (Å²) in [5, 5.41) is 15.1. The van der Waals surface area contributed by atoms with Gasteiger partial charge < -0.3 is 20.6 Å². The van der Waals surface area contributed by atoms with Crippen LogP contribution < -0.4 is 15.5 Å². The van der Waals surface area contributed by atoms with Crippen LogP contribution in [0, 0.1) is 5.92 Å². The van der Waals surface area contributed by atoms with Gasteiger partial charge in [-0.15, -0.1) is 0 Å². The number of urea groups is 1. The zero-order chi connectivity index (χ0) is 15.5. The monoisotopic (exact) mass is 303 g/mol. The fourth-order valence-corrected chi connectivity index (χ4v) is 3.46. The van der Waals surface area contributed by atoms with Crippen molar-refractivity contribution >= 4 is 17.4 Å². The number of amides is 2. The van der Waals surface area contributed by atoms with Crippen LogP contribution in [0.5, 0.6) is 0 Å². The molecule has 0 bridgehead atoms. The summed E-state index contributed by atoms with van der Waals surface area (Å²) >= 11 is 0. The Balaban J connectivity index is 1.53. The standard InChI is InChI=1S/C17H25N3O2/c1-20-9-8-13-4-7-15(10-16(13)20)19-17(22)18-14-5-2-12(11-21)3-6-14/h4,7,10,12,14,21H,2-3,5-6,8-9,11H2,1H3,(H2,18,19,22). The molecule has 3 rings (SSSR count). The number of likely N-dealkylation sites (N-methyl/N-ethyl adjacent to an activating group) is 1. The van der Waals surface area contributed by atoms with E-state index in [2.05, 4.69) is 28.6 Å². The number of benzene rings is 1. The summed E-state index contributed by atoms with van der Waals surface area (Å²) in [7, 11) is 2.08. The average Bonchev–Trinajstić information content (AvgIpc) is 2.89. The summed E-state index contributed by atoms with van der Waals surface area (Å²) in [5.41, 5.74) is 3.39. The largest absolute Gasteiger partial charge is 0.396 e. The first-order valence-corrected chi connectivity index (χ1v) is 8.18. The van der Waals surface area contributed by atoms with Crippen LogP contribution in [0.3, 0.4) is 0 Å². The predicted octanol–water partition coefficient (Wildman–Crippen LogP) is 2.35. The Morgan fingerprint density at radius 1 is 1.32 bits per heavy atom. The highest BCUT2D eigenvalue weighted by molar-refractivity contribution is 5.90. The van der Waals surface area contributed by atoms with E-state index in [1.165, 1.54) is 11.3 Å².